The van der Waals surface area contributed by atoms with Crippen molar-refractivity contribution in [2.24, 2.45) is 5.10 Å². The van der Waals surface area contributed by atoms with E-state index in [1.54, 1.807) is 38.6 Å². The second-order valence-corrected chi connectivity index (χ2v) is 5.75. The van der Waals surface area contributed by atoms with Crippen molar-refractivity contribution in [2.45, 2.75) is 6.92 Å². The molecule has 0 heterocycles. The Balaban J connectivity index is 2.07. The van der Waals surface area contributed by atoms with Crippen molar-refractivity contribution in [2.75, 3.05) is 20.8 Å². The molecule has 0 saturated carbocycles. The zero-order valence-electron chi connectivity index (χ0n) is 14.2. The van der Waals surface area contributed by atoms with Gasteiger partial charge in [-0.25, -0.2) is 5.43 Å². The van der Waals surface area contributed by atoms with Crippen LogP contribution in [0, 0.1) is 0 Å². The number of ether oxygens (including phenoxy) is 3. The molecule has 0 atom stereocenters. The number of hydrogen-bond acceptors (Lipinski definition) is 5. The van der Waals surface area contributed by atoms with Gasteiger partial charge < -0.3 is 14.2 Å². The molecule has 2 aromatic rings. The third-order valence-corrected chi connectivity index (χ3v) is 3.90. The zero-order chi connectivity index (χ0) is 18.2. The number of carbonyl (C=O) groups excluding carboxylic acids is 1. The molecule has 1 amide bonds. The van der Waals surface area contributed by atoms with Crippen molar-refractivity contribution in [3.8, 4) is 17.2 Å². The molecular weight excluding hydrogens is 388 g/mol. The van der Waals surface area contributed by atoms with Crippen LogP contribution in [0.3, 0.4) is 0 Å². The van der Waals surface area contributed by atoms with Gasteiger partial charge in [0.05, 0.1) is 31.5 Å². The molecule has 0 spiro atoms. The summed E-state index contributed by atoms with van der Waals surface area (Å²) in [4.78, 5) is 12.2. The SMILES string of the molecule is CCOc1cc(C(=O)N/N=C/c2ccc(OC)c(Br)c2)ccc1OC. The van der Waals surface area contributed by atoms with Crippen LogP contribution in [0.1, 0.15) is 22.8 Å². The molecule has 0 aliphatic heterocycles. The van der Waals surface area contributed by atoms with Crippen LogP contribution in [0.15, 0.2) is 46.0 Å². The monoisotopic (exact) mass is 406 g/mol. The van der Waals surface area contributed by atoms with E-state index < -0.39 is 0 Å². The standard InChI is InChI=1S/C18H19BrN2O4/c1-4-25-17-10-13(6-8-16(17)24-3)18(22)21-20-11-12-5-7-15(23-2)14(19)9-12/h5-11H,4H2,1-3H3,(H,21,22)/b20-11+. The fourth-order valence-corrected chi connectivity index (χ4v) is 2.64. The number of hydrogen-bond donors (Lipinski definition) is 1. The number of benzene rings is 2. The van der Waals surface area contributed by atoms with Crippen molar-refractivity contribution in [3.05, 3.63) is 52.0 Å². The molecule has 0 radical (unpaired) electrons. The van der Waals surface area contributed by atoms with Gasteiger partial charge in [0.2, 0.25) is 0 Å². The van der Waals surface area contributed by atoms with E-state index in [-0.39, 0.29) is 5.91 Å². The smallest absolute Gasteiger partial charge is 0.271 e. The number of methoxy groups -OCH3 is 2. The molecule has 2 rings (SSSR count). The third-order valence-electron chi connectivity index (χ3n) is 3.28. The maximum atomic E-state index is 12.2. The highest BCUT2D eigenvalue weighted by Gasteiger charge is 2.10. The number of nitrogens with one attached hydrogen (secondary N) is 1. The van der Waals surface area contributed by atoms with E-state index in [0.717, 1.165) is 15.8 Å². The highest BCUT2D eigenvalue weighted by molar-refractivity contribution is 9.10. The van der Waals surface area contributed by atoms with Crippen LogP contribution in [-0.4, -0.2) is 32.9 Å². The number of hydrazone groups is 1. The number of rotatable bonds is 7. The van der Waals surface area contributed by atoms with Crippen LogP contribution in [-0.2, 0) is 0 Å². The number of halogens is 1. The zero-order valence-corrected chi connectivity index (χ0v) is 15.8. The summed E-state index contributed by atoms with van der Waals surface area (Å²) in [5.74, 6) is 1.47. The van der Waals surface area contributed by atoms with Crippen LogP contribution >= 0.6 is 15.9 Å². The van der Waals surface area contributed by atoms with E-state index >= 15 is 0 Å². The molecule has 0 unspecified atom stereocenters. The lowest BCUT2D eigenvalue weighted by Crippen LogP contribution is -2.17. The molecule has 132 valence electrons. The summed E-state index contributed by atoms with van der Waals surface area (Å²) in [6, 6.07) is 10.4. The Morgan fingerprint density at radius 2 is 1.84 bits per heavy atom. The van der Waals surface area contributed by atoms with Crippen molar-refractivity contribution in [1.29, 1.82) is 0 Å². The third kappa shape index (κ3) is 4.96. The maximum absolute atomic E-state index is 12.2. The molecule has 0 aliphatic rings. The second-order valence-electron chi connectivity index (χ2n) is 4.89. The van der Waals surface area contributed by atoms with Crippen molar-refractivity contribution >= 4 is 28.1 Å². The van der Waals surface area contributed by atoms with Gasteiger partial charge in [0.1, 0.15) is 5.75 Å². The Kier molecular flexibility index (Phi) is 6.82. The second kappa shape index (κ2) is 9.08. The van der Waals surface area contributed by atoms with Gasteiger partial charge in [0, 0.05) is 5.56 Å². The summed E-state index contributed by atoms with van der Waals surface area (Å²) >= 11 is 3.40. The predicted octanol–water partition coefficient (Wildman–Crippen LogP) is 3.63. The van der Waals surface area contributed by atoms with Crippen LogP contribution in [0.4, 0.5) is 0 Å². The van der Waals surface area contributed by atoms with Gasteiger partial charge >= 0.3 is 0 Å². The highest BCUT2D eigenvalue weighted by Crippen LogP contribution is 2.28. The van der Waals surface area contributed by atoms with E-state index in [0.29, 0.717) is 23.7 Å². The van der Waals surface area contributed by atoms with Gasteiger partial charge in [-0.05, 0) is 64.8 Å². The van der Waals surface area contributed by atoms with Gasteiger partial charge in [0.15, 0.2) is 11.5 Å². The summed E-state index contributed by atoms with van der Waals surface area (Å²) < 4.78 is 16.6. The van der Waals surface area contributed by atoms with E-state index in [4.69, 9.17) is 14.2 Å². The average Bonchev–Trinajstić information content (AvgIpc) is 2.62. The van der Waals surface area contributed by atoms with Crippen LogP contribution in [0.5, 0.6) is 17.2 Å². The first-order chi connectivity index (χ1) is 12.1. The molecule has 0 aromatic heterocycles. The number of amides is 1. The molecule has 0 bridgehead atoms. The summed E-state index contributed by atoms with van der Waals surface area (Å²) in [6.07, 6.45) is 1.55. The van der Waals surface area contributed by atoms with Gasteiger partial charge in [-0.3, -0.25) is 4.79 Å². The molecule has 0 fully saturated rings. The largest absolute Gasteiger partial charge is 0.496 e. The Morgan fingerprint density at radius 3 is 2.48 bits per heavy atom. The Bertz CT molecular complexity index is 778. The molecule has 2 aromatic carbocycles. The first kappa shape index (κ1) is 18.8. The molecule has 0 aliphatic carbocycles. The van der Waals surface area contributed by atoms with Crippen molar-refractivity contribution < 1.29 is 19.0 Å². The van der Waals surface area contributed by atoms with Crippen molar-refractivity contribution in [3.63, 3.8) is 0 Å². The predicted molar refractivity (Wildman–Crippen MR) is 99.9 cm³/mol. The fourth-order valence-electron chi connectivity index (χ4n) is 2.08. The van der Waals surface area contributed by atoms with Crippen LogP contribution < -0.4 is 19.6 Å². The molecule has 25 heavy (non-hydrogen) atoms. The summed E-state index contributed by atoms with van der Waals surface area (Å²) in [6.45, 7) is 2.34. The fraction of sp³-hybridized carbons (Fsp3) is 0.222. The Hall–Kier alpha value is -2.54. The lowest BCUT2D eigenvalue weighted by atomic mass is 10.2. The molecule has 0 saturated heterocycles. The summed E-state index contributed by atoms with van der Waals surface area (Å²) in [7, 11) is 3.15. The van der Waals surface area contributed by atoms with E-state index in [9.17, 15) is 4.79 Å². The molecular formula is C18H19BrN2O4. The van der Waals surface area contributed by atoms with Crippen LogP contribution in [0.25, 0.3) is 0 Å². The lowest BCUT2D eigenvalue weighted by molar-refractivity contribution is 0.0954. The van der Waals surface area contributed by atoms with Gasteiger partial charge in [0.25, 0.3) is 5.91 Å². The normalized spacial score (nSPS) is 10.6. The van der Waals surface area contributed by atoms with E-state index in [1.165, 1.54) is 0 Å². The first-order valence-corrected chi connectivity index (χ1v) is 8.36. The minimum atomic E-state index is -0.340. The lowest BCUT2D eigenvalue weighted by Gasteiger charge is -2.10. The van der Waals surface area contributed by atoms with Gasteiger partial charge in [-0.15, -0.1) is 0 Å². The Labute approximate surface area is 154 Å². The molecule has 7 heteroatoms. The minimum absolute atomic E-state index is 0.340. The Morgan fingerprint density at radius 1 is 1.12 bits per heavy atom. The summed E-state index contributed by atoms with van der Waals surface area (Å²) in [5, 5.41) is 3.97. The van der Waals surface area contributed by atoms with E-state index in [1.807, 2.05) is 25.1 Å². The molecule has 6 nitrogen and oxygen atoms in total. The first-order valence-electron chi connectivity index (χ1n) is 7.56. The van der Waals surface area contributed by atoms with Gasteiger partial charge in [-0.2, -0.15) is 5.10 Å². The number of carbonyl (C=O) groups is 1. The van der Waals surface area contributed by atoms with Crippen molar-refractivity contribution in [1.82, 2.24) is 5.43 Å². The maximum Gasteiger partial charge on any atom is 0.271 e. The quantitative estimate of drug-likeness (QED) is 0.562. The number of nitrogens with zero attached hydrogens (tertiary/aromatic N) is 1. The van der Waals surface area contributed by atoms with Crippen LogP contribution in [0.2, 0.25) is 0 Å². The average molecular weight is 407 g/mol. The summed E-state index contributed by atoms with van der Waals surface area (Å²) in [5.41, 5.74) is 3.74. The van der Waals surface area contributed by atoms with Gasteiger partial charge in [-0.1, -0.05) is 0 Å². The van der Waals surface area contributed by atoms with E-state index in [2.05, 4.69) is 26.5 Å². The minimum Gasteiger partial charge on any atom is -0.496 e. The topological polar surface area (TPSA) is 69.2 Å². The highest BCUT2D eigenvalue weighted by atomic mass is 79.9. The molecule has 1 N–H and O–H groups in total.